The summed E-state index contributed by atoms with van der Waals surface area (Å²) in [6, 6.07) is 0. The quantitative estimate of drug-likeness (QED) is 0.470. The van der Waals surface area contributed by atoms with E-state index in [4.69, 9.17) is 9.84 Å². The van der Waals surface area contributed by atoms with E-state index in [-0.39, 0.29) is 6.42 Å². The molecule has 4 nitrogen and oxygen atoms in total. The average Bonchev–Trinajstić information content (AvgIpc) is 2.41. The van der Waals surface area contributed by atoms with Crippen LogP contribution in [0.1, 0.15) is 19.3 Å². The van der Waals surface area contributed by atoms with Crippen LogP contribution in [0, 0.1) is 0 Å². The summed E-state index contributed by atoms with van der Waals surface area (Å²) in [6.07, 6.45) is 2.52. The van der Waals surface area contributed by atoms with Gasteiger partial charge in [-0.15, -0.1) is 0 Å². The number of aldehydes is 1. The zero-order valence-corrected chi connectivity index (χ0v) is 6.28. The van der Waals surface area contributed by atoms with Gasteiger partial charge in [0, 0.05) is 13.2 Å². The van der Waals surface area contributed by atoms with E-state index in [9.17, 15) is 9.59 Å². The molecule has 1 rings (SSSR count). The van der Waals surface area contributed by atoms with Crippen LogP contribution in [0.5, 0.6) is 0 Å². The number of carbonyl (C=O) groups excluding carboxylic acids is 1. The van der Waals surface area contributed by atoms with Gasteiger partial charge in [-0.1, -0.05) is 0 Å². The predicted molar refractivity (Wildman–Crippen MR) is 38.4 cm³/mol. The number of hydrogen-bond acceptors (Lipinski definition) is 3. The van der Waals surface area contributed by atoms with Gasteiger partial charge in [0.05, 0.1) is 0 Å². The van der Waals surface area contributed by atoms with Crippen molar-refractivity contribution in [1.82, 2.24) is 0 Å². The van der Waals surface area contributed by atoms with Crippen LogP contribution in [0.25, 0.3) is 0 Å². The van der Waals surface area contributed by atoms with E-state index in [0.29, 0.717) is 6.29 Å². The zero-order chi connectivity index (χ0) is 8.53. The van der Waals surface area contributed by atoms with Gasteiger partial charge in [-0.25, -0.2) is 0 Å². The van der Waals surface area contributed by atoms with Gasteiger partial charge < -0.3 is 14.6 Å². The summed E-state index contributed by atoms with van der Waals surface area (Å²) in [7, 11) is 0. The Morgan fingerprint density at radius 3 is 2.09 bits per heavy atom. The molecule has 0 amide bonds. The highest BCUT2D eigenvalue weighted by Crippen LogP contribution is 1.98. The summed E-state index contributed by atoms with van der Waals surface area (Å²) in [5, 5.41) is 7.68. The van der Waals surface area contributed by atoms with Crippen molar-refractivity contribution < 1.29 is 19.4 Å². The van der Waals surface area contributed by atoms with Gasteiger partial charge in [-0.3, -0.25) is 4.79 Å². The maximum absolute atomic E-state index is 9.37. The minimum absolute atomic E-state index is 0.350. The summed E-state index contributed by atoms with van der Waals surface area (Å²) < 4.78 is 4.94. The van der Waals surface area contributed by atoms with Crippen LogP contribution in [-0.2, 0) is 14.3 Å². The molecule has 11 heavy (non-hydrogen) atoms. The SMILES string of the molecule is C1CCOC1.O=CCC(=O)O. The molecule has 1 fully saturated rings. The molecule has 0 aliphatic carbocycles. The minimum Gasteiger partial charge on any atom is -0.481 e. The number of hydrogen-bond donors (Lipinski definition) is 1. The molecule has 4 heteroatoms. The van der Waals surface area contributed by atoms with Gasteiger partial charge >= 0.3 is 5.97 Å². The Bertz CT molecular complexity index is 110. The van der Waals surface area contributed by atoms with Gasteiger partial charge in [0.1, 0.15) is 12.7 Å². The molecule has 64 valence electrons. The van der Waals surface area contributed by atoms with Crippen LogP contribution in [0.15, 0.2) is 0 Å². The highest BCUT2D eigenvalue weighted by molar-refractivity contribution is 5.81. The first kappa shape index (κ1) is 10.1. The van der Waals surface area contributed by atoms with Crippen LogP contribution in [0.3, 0.4) is 0 Å². The lowest BCUT2D eigenvalue weighted by Gasteiger charge is -1.76. The second-order valence-corrected chi connectivity index (χ2v) is 2.08. The Balaban J connectivity index is 0.000000183. The third-order valence-corrected chi connectivity index (χ3v) is 1.09. The van der Waals surface area contributed by atoms with Crippen molar-refractivity contribution in [2.45, 2.75) is 19.3 Å². The van der Waals surface area contributed by atoms with Gasteiger partial charge in [-0.2, -0.15) is 0 Å². The number of carboxylic acid groups (broad SMARTS) is 1. The molecule has 0 aromatic carbocycles. The third-order valence-electron chi connectivity index (χ3n) is 1.09. The van der Waals surface area contributed by atoms with Crippen LogP contribution >= 0.6 is 0 Å². The lowest BCUT2D eigenvalue weighted by Crippen LogP contribution is -1.92. The number of ether oxygens (including phenoxy) is 1. The number of aliphatic carboxylic acids is 1. The van der Waals surface area contributed by atoms with Crippen molar-refractivity contribution in [2.75, 3.05) is 13.2 Å². The highest BCUT2D eigenvalue weighted by atomic mass is 16.5. The molecule has 0 atom stereocenters. The lowest BCUT2D eigenvalue weighted by atomic mass is 10.4. The molecule has 0 bridgehead atoms. The third kappa shape index (κ3) is 9.10. The Morgan fingerprint density at radius 1 is 1.45 bits per heavy atom. The van der Waals surface area contributed by atoms with E-state index < -0.39 is 5.97 Å². The molecule has 1 heterocycles. The highest BCUT2D eigenvalue weighted by Gasteiger charge is 1.94. The van der Waals surface area contributed by atoms with Crippen LogP contribution < -0.4 is 0 Å². The topological polar surface area (TPSA) is 63.6 Å². The van der Waals surface area contributed by atoms with Gasteiger partial charge in [0.25, 0.3) is 0 Å². The molecule has 1 aliphatic heterocycles. The first-order chi connectivity index (χ1) is 5.27. The fourth-order valence-electron chi connectivity index (χ4n) is 0.582. The van der Waals surface area contributed by atoms with Crippen LogP contribution in [0.4, 0.5) is 0 Å². The van der Waals surface area contributed by atoms with Crippen LogP contribution in [0.2, 0.25) is 0 Å². The van der Waals surface area contributed by atoms with Crippen molar-refractivity contribution >= 4 is 12.3 Å². The van der Waals surface area contributed by atoms with Crippen molar-refractivity contribution in [2.24, 2.45) is 0 Å². The molecule has 0 spiro atoms. The second kappa shape index (κ2) is 7.21. The molecule has 1 saturated heterocycles. The predicted octanol–water partition coefficient (Wildman–Crippen LogP) is 0.457. The number of rotatable bonds is 2. The van der Waals surface area contributed by atoms with Gasteiger partial charge in [-0.05, 0) is 12.8 Å². The van der Waals surface area contributed by atoms with E-state index in [1.807, 2.05) is 0 Å². The van der Waals surface area contributed by atoms with Gasteiger partial charge in [0.15, 0.2) is 0 Å². The number of carboxylic acids is 1. The summed E-state index contributed by atoms with van der Waals surface area (Å²) in [6.45, 7) is 2.00. The summed E-state index contributed by atoms with van der Waals surface area (Å²) in [5.74, 6) is -1.08. The average molecular weight is 160 g/mol. The van der Waals surface area contributed by atoms with Gasteiger partial charge in [0.2, 0.25) is 0 Å². The zero-order valence-electron chi connectivity index (χ0n) is 6.28. The largest absolute Gasteiger partial charge is 0.481 e. The summed E-state index contributed by atoms with van der Waals surface area (Å²) in [4.78, 5) is 18.6. The summed E-state index contributed by atoms with van der Waals surface area (Å²) >= 11 is 0. The molecule has 1 aliphatic rings. The van der Waals surface area contributed by atoms with E-state index in [2.05, 4.69) is 0 Å². The molecule has 0 radical (unpaired) electrons. The molecule has 0 saturated carbocycles. The molecule has 0 unspecified atom stereocenters. The lowest BCUT2D eigenvalue weighted by molar-refractivity contribution is -0.138. The monoisotopic (exact) mass is 160 g/mol. The molecule has 0 aromatic heterocycles. The first-order valence-corrected chi connectivity index (χ1v) is 3.50. The maximum Gasteiger partial charge on any atom is 0.310 e. The molecule has 0 aromatic rings. The Kier molecular flexibility index (Phi) is 6.62. The smallest absolute Gasteiger partial charge is 0.310 e. The molecule has 1 N–H and O–H groups in total. The van der Waals surface area contributed by atoms with E-state index in [1.165, 1.54) is 12.8 Å². The minimum atomic E-state index is -1.08. The number of carbonyl (C=O) groups is 2. The van der Waals surface area contributed by atoms with Crippen molar-refractivity contribution in [3.63, 3.8) is 0 Å². The van der Waals surface area contributed by atoms with E-state index in [0.717, 1.165) is 13.2 Å². The molecular weight excluding hydrogens is 148 g/mol. The van der Waals surface area contributed by atoms with Crippen molar-refractivity contribution in [3.05, 3.63) is 0 Å². The molecular formula is C7H12O4. The van der Waals surface area contributed by atoms with Crippen molar-refractivity contribution in [1.29, 1.82) is 0 Å². The van der Waals surface area contributed by atoms with E-state index in [1.54, 1.807) is 0 Å². The van der Waals surface area contributed by atoms with Crippen LogP contribution in [-0.4, -0.2) is 30.6 Å². The standard InChI is InChI=1S/C4H8O.C3H4O3/c1-2-4-5-3-1;4-2-1-3(5)6/h1-4H2;2H,1H2,(H,5,6). The normalized spacial score (nSPS) is 14.9. The fourth-order valence-corrected chi connectivity index (χ4v) is 0.582. The Labute approximate surface area is 65.2 Å². The fraction of sp³-hybridized carbons (Fsp3) is 0.714. The first-order valence-electron chi connectivity index (χ1n) is 3.50. The Morgan fingerprint density at radius 2 is 2.00 bits per heavy atom. The summed E-state index contributed by atoms with van der Waals surface area (Å²) in [5.41, 5.74) is 0. The van der Waals surface area contributed by atoms with Crippen molar-refractivity contribution in [3.8, 4) is 0 Å². The Hall–Kier alpha value is -0.900. The second-order valence-electron chi connectivity index (χ2n) is 2.08. The maximum atomic E-state index is 9.37. The van der Waals surface area contributed by atoms with E-state index >= 15 is 0 Å².